The van der Waals surface area contributed by atoms with E-state index in [1.807, 2.05) is 0 Å². The lowest BCUT2D eigenvalue weighted by atomic mass is 10.1. The van der Waals surface area contributed by atoms with E-state index in [4.69, 9.17) is 21.1 Å². The van der Waals surface area contributed by atoms with Crippen LogP contribution in [0.3, 0.4) is 0 Å². The van der Waals surface area contributed by atoms with Crippen LogP contribution in [0.2, 0.25) is 5.02 Å². The van der Waals surface area contributed by atoms with Crippen molar-refractivity contribution in [2.24, 2.45) is 0 Å². The van der Waals surface area contributed by atoms with Gasteiger partial charge in [0, 0.05) is 17.4 Å². The number of aromatic nitrogens is 2. The summed E-state index contributed by atoms with van der Waals surface area (Å²) in [4.78, 5) is 24.2. The molecule has 1 unspecified atom stereocenters. The lowest BCUT2D eigenvalue weighted by Gasteiger charge is -2.19. The van der Waals surface area contributed by atoms with Gasteiger partial charge in [-0.25, -0.2) is 9.59 Å². The Hall–Kier alpha value is -2.54. The SMILES string of the molecule is CCOC(=O)C(Cn1cccn1)OC(=O)N[C@@H](C)c1ccc(Cl)cc1. The van der Waals surface area contributed by atoms with Gasteiger partial charge in [0.25, 0.3) is 0 Å². The van der Waals surface area contributed by atoms with Crippen LogP contribution in [0.25, 0.3) is 0 Å². The molecular formula is C17H20ClN3O4. The number of carbonyl (C=O) groups excluding carboxylic acids is 2. The first-order chi connectivity index (χ1) is 12.0. The number of esters is 1. The van der Waals surface area contributed by atoms with Crippen molar-refractivity contribution < 1.29 is 19.1 Å². The number of nitrogens with one attached hydrogen (secondary N) is 1. The number of nitrogens with zero attached hydrogens (tertiary/aromatic N) is 2. The lowest BCUT2D eigenvalue weighted by molar-refractivity contribution is -0.154. The van der Waals surface area contributed by atoms with Crippen LogP contribution in [0.5, 0.6) is 0 Å². The number of rotatable bonds is 7. The highest BCUT2D eigenvalue weighted by atomic mass is 35.5. The van der Waals surface area contributed by atoms with Gasteiger partial charge in [-0.15, -0.1) is 0 Å². The van der Waals surface area contributed by atoms with Crippen LogP contribution >= 0.6 is 11.6 Å². The van der Waals surface area contributed by atoms with Crippen LogP contribution in [-0.4, -0.2) is 34.6 Å². The second-order valence-corrected chi connectivity index (χ2v) is 5.73. The highest BCUT2D eigenvalue weighted by Gasteiger charge is 2.26. The third kappa shape index (κ3) is 5.79. The van der Waals surface area contributed by atoms with E-state index in [0.717, 1.165) is 5.56 Å². The maximum atomic E-state index is 12.1. The molecule has 0 fully saturated rings. The van der Waals surface area contributed by atoms with Gasteiger partial charge in [-0.3, -0.25) is 4.68 Å². The molecular weight excluding hydrogens is 346 g/mol. The Kier molecular flexibility index (Phi) is 6.82. The second-order valence-electron chi connectivity index (χ2n) is 5.29. The van der Waals surface area contributed by atoms with Crippen LogP contribution < -0.4 is 5.32 Å². The summed E-state index contributed by atoms with van der Waals surface area (Å²) in [5, 5.41) is 7.30. The number of ether oxygens (including phenoxy) is 2. The predicted molar refractivity (Wildman–Crippen MR) is 92.1 cm³/mol. The fraction of sp³-hybridized carbons (Fsp3) is 0.353. The molecule has 1 N–H and O–H groups in total. The van der Waals surface area contributed by atoms with Gasteiger partial charge in [0.05, 0.1) is 19.2 Å². The smallest absolute Gasteiger partial charge is 0.408 e. The molecule has 0 saturated heterocycles. The maximum Gasteiger partial charge on any atom is 0.408 e. The normalized spacial score (nSPS) is 12.9. The van der Waals surface area contributed by atoms with E-state index in [0.29, 0.717) is 5.02 Å². The maximum absolute atomic E-state index is 12.1. The topological polar surface area (TPSA) is 82.5 Å². The molecule has 134 valence electrons. The molecule has 2 rings (SSSR count). The molecule has 2 atom stereocenters. The minimum Gasteiger partial charge on any atom is -0.463 e. The van der Waals surface area contributed by atoms with Crippen molar-refractivity contribution in [3.63, 3.8) is 0 Å². The van der Waals surface area contributed by atoms with Gasteiger partial charge < -0.3 is 14.8 Å². The quantitative estimate of drug-likeness (QED) is 0.763. The lowest BCUT2D eigenvalue weighted by Crippen LogP contribution is -2.38. The molecule has 8 heteroatoms. The van der Waals surface area contributed by atoms with Crippen LogP contribution in [-0.2, 0) is 20.8 Å². The molecule has 1 heterocycles. The number of hydrogen-bond acceptors (Lipinski definition) is 5. The van der Waals surface area contributed by atoms with E-state index in [1.54, 1.807) is 56.6 Å². The molecule has 2 aromatic rings. The summed E-state index contributed by atoms with van der Waals surface area (Å²) in [6.45, 7) is 3.76. The molecule has 0 saturated carbocycles. The Morgan fingerprint density at radius 1 is 1.32 bits per heavy atom. The average Bonchev–Trinajstić information content (AvgIpc) is 3.08. The first kappa shape index (κ1) is 18.8. The molecule has 0 aliphatic rings. The Labute approximate surface area is 150 Å². The van der Waals surface area contributed by atoms with Crippen molar-refractivity contribution in [1.82, 2.24) is 15.1 Å². The van der Waals surface area contributed by atoms with E-state index in [-0.39, 0.29) is 19.2 Å². The van der Waals surface area contributed by atoms with E-state index < -0.39 is 18.2 Å². The molecule has 1 aromatic carbocycles. The van der Waals surface area contributed by atoms with Crippen molar-refractivity contribution >= 4 is 23.7 Å². The zero-order chi connectivity index (χ0) is 18.2. The number of alkyl carbamates (subject to hydrolysis) is 1. The van der Waals surface area contributed by atoms with Gasteiger partial charge in [0.1, 0.15) is 0 Å². The summed E-state index contributed by atoms with van der Waals surface area (Å²) in [5.74, 6) is -0.618. The molecule has 7 nitrogen and oxygen atoms in total. The standard InChI is InChI=1S/C17H20ClN3O4/c1-3-24-16(22)15(11-21-10-4-9-19-21)25-17(23)20-12(2)13-5-7-14(18)8-6-13/h4-10,12,15H,3,11H2,1-2H3,(H,20,23)/t12-,15?/m0/s1. The minimum absolute atomic E-state index is 0.0780. The summed E-state index contributed by atoms with van der Waals surface area (Å²) in [6, 6.07) is 8.49. The summed E-state index contributed by atoms with van der Waals surface area (Å²) in [5.41, 5.74) is 0.862. The third-order valence-corrected chi connectivity index (χ3v) is 3.67. The van der Waals surface area contributed by atoms with Crippen molar-refractivity contribution in [2.75, 3.05) is 6.61 Å². The van der Waals surface area contributed by atoms with Crippen molar-refractivity contribution in [3.05, 3.63) is 53.3 Å². The second kappa shape index (κ2) is 9.08. The summed E-state index contributed by atoms with van der Waals surface area (Å²) in [7, 11) is 0. The highest BCUT2D eigenvalue weighted by Crippen LogP contribution is 2.16. The van der Waals surface area contributed by atoms with E-state index in [9.17, 15) is 9.59 Å². The first-order valence-corrected chi connectivity index (χ1v) is 8.24. The number of hydrogen-bond donors (Lipinski definition) is 1. The number of amides is 1. The third-order valence-electron chi connectivity index (χ3n) is 3.42. The van der Waals surface area contributed by atoms with Gasteiger partial charge in [-0.05, 0) is 37.6 Å². The molecule has 0 radical (unpaired) electrons. The van der Waals surface area contributed by atoms with Gasteiger partial charge in [0.2, 0.25) is 6.10 Å². The van der Waals surface area contributed by atoms with Gasteiger partial charge in [-0.1, -0.05) is 23.7 Å². The molecule has 1 aromatic heterocycles. The van der Waals surface area contributed by atoms with Crippen LogP contribution in [0.15, 0.2) is 42.7 Å². The highest BCUT2D eigenvalue weighted by molar-refractivity contribution is 6.30. The van der Waals surface area contributed by atoms with E-state index in [2.05, 4.69) is 10.4 Å². The molecule has 0 bridgehead atoms. The van der Waals surface area contributed by atoms with Gasteiger partial charge in [0.15, 0.2) is 0 Å². The Bertz CT molecular complexity index is 688. The zero-order valence-corrected chi connectivity index (χ0v) is 14.8. The Balaban J connectivity index is 1.97. The van der Waals surface area contributed by atoms with Gasteiger partial charge >= 0.3 is 12.1 Å². The predicted octanol–water partition coefficient (Wildman–Crippen LogP) is 2.96. The summed E-state index contributed by atoms with van der Waals surface area (Å²) in [6.07, 6.45) is 1.44. The molecule has 25 heavy (non-hydrogen) atoms. The largest absolute Gasteiger partial charge is 0.463 e. The minimum atomic E-state index is -1.09. The van der Waals surface area contributed by atoms with Crippen molar-refractivity contribution in [1.29, 1.82) is 0 Å². The molecule has 0 aliphatic carbocycles. The number of halogens is 1. The monoisotopic (exact) mass is 365 g/mol. The molecule has 0 spiro atoms. The number of benzene rings is 1. The van der Waals surface area contributed by atoms with E-state index in [1.165, 1.54) is 4.68 Å². The van der Waals surface area contributed by atoms with Crippen molar-refractivity contribution in [3.8, 4) is 0 Å². The van der Waals surface area contributed by atoms with E-state index >= 15 is 0 Å². The summed E-state index contributed by atoms with van der Waals surface area (Å²) < 4.78 is 11.7. The zero-order valence-electron chi connectivity index (χ0n) is 14.0. The summed E-state index contributed by atoms with van der Waals surface area (Å²) >= 11 is 5.85. The Morgan fingerprint density at radius 3 is 2.64 bits per heavy atom. The molecule has 1 amide bonds. The average molecular weight is 366 g/mol. The molecule has 0 aliphatic heterocycles. The first-order valence-electron chi connectivity index (χ1n) is 7.86. The van der Waals surface area contributed by atoms with Crippen LogP contribution in [0.1, 0.15) is 25.5 Å². The fourth-order valence-corrected chi connectivity index (χ4v) is 2.27. The number of carbonyl (C=O) groups is 2. The van der Waals surface area contributed by atoms with Crippen LogP contribution in [0, 0.1) is 0 Å². The van der Waals surface area contributed by atoms with Crippen LogP contribution in [0.4, 0.5) is 4.79 Å². The fourth-order valence-electron chi connectivity index (χ4n) is 2.15. The van der Waals surface area contributed by atoms with Gasteiger partial charge in [-0.2, -0.15) is 5.10 Å². The Morgan fingerprint density at radius 2 is 2.04 bits per heavy atom. The van der Waals surface area contributed by atoms with Crippen molar-refractivity contribution in [2.45, 2.75) is 32.5 Å².